The van der Waals surface area contributed by atoms with Crippen molar-refractivity contribution in [2.24, 2.45) is 0 Å². The largest absolute Gasteiger partial charge is 0.480 e. The van der Waals surface area contributed by atoms with Crippen molar-refractivity contribution in [2.75, 3.05) is 0 Å². The van der Waals surface area contributed by atoms with E-state index < -0.39 is 18.1 Å². The molecule has 5 heteroatoms. The van der Waals surface area contributed by atoms with Crippen molar-refractivity contribution in [3.63, 3.8) is 0 Å². The highest BCUT2D eigenvalue weighted by Gasteiger charge is 2.21. The first-order valence-corrected chi connectivity index (χ1v) is 7.41. The Morgan fingerprint density at radius 2 is 1.91 bits per heavy atom. The lowest BCUT2D eigenvalue weighted by molar-refractivity contribution is -0.138. The van der Waals surface area contributed by atoms with Crippen molar-refractivity contribution >= 4 is 12.1 Å². The van der Waals surface area contributed by atoms with E-state index in [4.69, 9.17) is 9.84 Å². The first-order chi connectivity index (χ1) is 11.1. The third-order valence-electron chi connectivity index (χ3n) is 4.01. The summed E-state index contributed by atoms with van der Waals surface area (Å²) in [5.74, 6) is -1.10. The molecule has 3 rings (SSSR count). The number of carboxylic acid groups (broad SMARTS) is 1. The van der Waals surface area contributed by atoms with Crippen molar-refractivity contribution in [3.05, 3.63) is 59.2 Å². The molecule has 0 heterocycles. The van der Waals surface area contributed by atoms with Crippen molar-refractivity contribution in [1.82, 2.24) is 5.32 Å². The molecule has 2 aromatic carbocycles. The second-order valence-electron chi connectivity index (χ2n) is 5.56. The number of hydrogen-bond acceptors (Lipinski definition) is 3. The summed E-state index contributed by atoms with van der Waals surface area (Å²) >= 11 is 0. The van der Waals surface area contributed by atoms with E-state index in [0.717, 1.165) is 17.5 Å². The molecular formula is C18H17NO4. The summed E-state index contributed by atoms with van der Waals surface area (Å²) in [4.78, 5) is 22.4. The lowest BCUT2D eigenvalue weighted by atomic mass is 10.0. The number of carbonyl (C=O) groups is 2. The first kappa shape index (κ1) is 15.1. The van der Waals surface area contributed by atoms with E-state index in [1.807, 2.05) is 24.3 Å². The summed E-state index contributed by atoms with van der Waals surface area (Å²) < 4.78 is 5.16. The highest BCUT2D eigenvalue weighted by atomic mass is 16.5. The molecule has 0 radical (unpaired) electrons. The molecule has 1 aliphatic carbocycles. The van der Waals surface area contributed by atoms with Crippen LogP contribution in [0.4, 0.5) is 4.79 Å². The van der Waals surface area contributed by atoms with Crippen LogP contribution in [0.1, 0.15) is 23.6 Å². The molecule has 23 heavy (non-hydrogen) atoms. The number of aliphatic carboxylic acids is 1. The standard InChI is InChI=1S/C18H17NO4/c1-11(17(20)21)19-18(22)23-10-13-6-4-8-15-14-7-3-2-5-12(14)9-16(13)15/h2-8,11H,9-10H2,1H3,(H,19,22)(H,20,21). The molecule has 1 unspecified atom stereocenters. The van der Waals surface area contributed by atoms with Gasteiger partial charge in [0.05, 0.1) is 0 Å². The topological polar surface area (TPSA) is 75.6 Å². The lowest BCUT2D eigenvalue weighted by Crippen LogP contribution is -2.38. The molecule has 0 saturated heterocycles. The van der Waals surface area contributed by atoms with Gasteiger partial charge < -0.3 is 15.2 Å². The molecule has 2 aromatic rings. The van der Waals surface area contributed by atoms with E-state index in [1.165, 1.54) is 23.6 Å². The third kappa shape index (κ3) is 3.04. The van der Waals surface area contributed by atoms with Crippen molar-refractivity contribution in [1.29, 1.82) is 0 Å². The Hall–Kier alpha value is -2.82. The van der Waals surface area contributed by atoms with Crippen LogP contribution < -0.4 is 5.32 Å². The van der Waals surface area contributed by atoms with Gasteiger partial charge in [0.2, 0.25) is 0 Å². The van der Waals surface area contributed by atoms with Crippen LogP contribution in [0, 0.1) is 0 Å². The van der Waals surface area contributed by atoms with E-state index in [2.05, 4.69) is 23.5 Å². The average molecular weight is 311 g/mol. The van der Waals surface area contributed by atoms with Gasteiger partial charge in [0.15, 0.2) is 0 Å². The molecule has 1 aliphatic rings. The molecule has 0 bridgehead atoms. The van der Waals surface area contributed by atoms with Crippen molar-refractivity contribution < 1.29 is 19.4 Å². The van der Waals surface area contributed by atoms with Gasteiger partial charge in [-0.1, -0.05) is 42.5 Å². The van der Waals surface area contributed by atoms with E-state index >= 15 is 0 Å². The Bertz CT molecular complexity index is 769. The highest BCUT2D eigenvalue weighted by Crippen LogP contribution is 2.38. The van der Waals surface area contributed by atoms with E-state index in [9.17, 15) is 9.59 Å². The molecule has 0 aliphatic heterocycles. The zero-order valence-corrected chi connectivity index (χ0v) is 12.7. The van der Waals surface area contributed by atoms with Gasteiger partial charge in [0.1, 0.15) is 12.6 Å². The monoisotopic (exact) mass is 311 g/mol. The molecule has 0 aromatic heterocycles. The molecular weight excluding hydrogens is 294 g/mol. The summed E-state index contributed by atoms with van der Waals surface area (Å²) in [7, 11) is 0. The second-order valence-corrected chi connectivity index (χ2v) is 5.56. The average Bonchev–Trinajstić information content (AvgIpc) is 2.92. The molecule has 0 fully saturated rings. The molecule has 0 saturated carbocycles. The molecule has 1 amide bonds. The fraction of sp³-hybridized carbons (Fsp3) is 0.222. The van der Waals surface area contributed by atoms with Crippen LogP contribution >= 0.6 is 0 Å². The van der Waals surface area contributed by atoms with Gasteiger partial charge in [-0.3, -0.25) is 4.79 Å². The van der Waals surface area contributed by atoms with E-state index in [0.29, 0.717) is 0 Å². The summed E-state index contributed by atoms with van der Waals surface area (Å²) in [6.45, 7) is 1.51. The van der Waals surface area contributed by atoms with Gasteiger partial charge >= 0.3 is 12.1 Å². The van der Waals surface area contributed by atoms with Crippen LogP contribution in [0.3, 0.4) is 0 Å². The van der Waals surface area contributed by atoms with Crippen LogP contribution in [0.15, 0.2) is 42.5 Å². The Morgan fingerprint density at radius 3 is 2.70 bits per heavy atom. The van der Waals surface area contributed by atoms with Crippen molar-refractivity contribution in [3.8, 4) is 11.1 Å². The zero-order valence-electron chi connectivity index (χ0n) is 12.7. The number of hydrogen-bond donors (Lipinski definition) is 2. The SMILES string of the molecule is CC(NC(=O)OCc1cccc2c1Cc1ccccc1-2)C(=O)O. The normalized spacial score (nSPS) is 12.9. The number of carbonyl (C=O) groups excluding carboxylic acids is 1. The minimum Gasteiger partial charge on any atom is -0.480 e. The van der Waals surface area contributed by atoms with Crippen LogP contribution in [-0.2, 0) is 22.6 Å². The quantitative estimate of drug-likeness (QED) is 0.777. The Kier molecular flexibility index (Phi) is 4.02. The summed E-state index contributed by atoms with van der Waals surface area (Å²) in [5, 5.41) is 11.0. The summed E-state index contributed by atoms with van der Waals surface area (Å²) in [5.41, 5.74) is 5.75. The van der Waals surface area contributed by atoms with Gasteiger partial charge in [-0.2, -0.15) is 0 Å². The van der Waals surface area contributed by atoms with Crippen LogP contribution in [0.5, 0.6) is 0 Å². The fourth-order valence-corrected chi connectivity index (χ4v) is 2.78. The molecule has 2 N–H and O–H groups in total. The number of fused-ring (bicyclic) bond motifs is 3. The van der Waals surface area contributed by atoms with Gasteiger partial charge in [-0.25, -0.2) is 4.79 Å². The number of amides is 1. The zero-order chi connectivity index (χ0) is 16.4. The highest BCUT2D eigenvalue weighted by molar-refractivity contribution is 5.80. The maximum atomic E-state index is 11.7. The number of nitrogens with one attached hydrogen (secondary N) is 1. The Labute approximate surface area is 133 Å². The Balaban J connectivity index is 1.72. The number of benzene rings is 2. The Morgan fingerprint density at radius 1 is 1.17 bits per heavy atom. The smallest absolute Gasteiger partial charge is 0.408 e. The minimum atomic E-state index is -1.10. The summed E-state index contributed by atoms with van der Waals surface area (Å²) in [6, 6.07) is 13.2. The van der Waals surface area contributed by atoms with Gasteiger partial charge in [0, 0.05) is 0 Å². The number of carboxylic acids is 1. The maximum absolute atomic E-state index is 11.7. The van der Waals surface area contributed by atoms with Gasteiger partial charge in [-0.05, 0) is 41.2 Å². The fourth-order valence-electron chi connectivity index (χ4n) is 2.78. The van der Waals surface area contributed by atoms with Gasteiger partial charge in [0.25, 0.3) is 0 Å². The lowest BCUT2D eigenvalue weighted by Gasteiger charge is -2.12. The maximum Gasteiger partial charge on any atom is 0.408 e. The van der Waals surface area contributed by atoms with Crippen LogP contribution in [0.25, 0.3) is 11.1 Å². The predicted molar refractivity (Wildman–Crippen MR) is 85.1 cm³/mol. The minimum absolute atomic E-state index is 0.120. The predicted octanol–water partition coefficient (Wildman–Crippen LogP) is 2.96. The summed E-state index contributed by atoms with van der Waals surface area (Å²) in [6.07, 6.45) is 0.0890. The first-order valence-electron chi connectivity index (χ1n) is 7.41. The number of alkyl carbamates (subject to hydrolysis) is 1. The van der Waals surface area contributed by atoms with Crippen LogP contribution in [-0.4, -0.2) is 23.2 Å². The second kappa shape index (κ2) is 6.12. The van der Waals surface area contributed by atoms with E-state index in [-0.39, 0.29) is 6.61 Å². The third-order valence-corrected chi connectivity index (χ3v) is 4.01. The number of ether oxygens (including phenoxy) is 1. The molecule has 1 atom stereocenters. The molecule has 0 spiro atoms. The number of rotatable bonds is 4. The molecule has 118 valence electrons. The van der Waals surface area contributed by atoms with Crippen molar-refractivity contribution in [2.45, 2.75) is 26.0 Å². The van der Waals surface area contributed by atoms with Crippen LogP contribution in [0.2, 0.25) is 0 Å². The molecule has 5 nitrogen and oxygen atoms in total. The van der Waals surface area contributed by atoms with E-state index in [1.54, 1.807) is 0 Å². The van der Waals surface area contributed by atoms with Gasteiger partial charge in [-0.15, -0.1) is 0 Å².